The number of hydrazine groups is 1. The summed E-state index contributed by atoms with van der Waals surface area (Å²) in [4.78, 5) is 19.6. The van der Waals surface area contributed by atoms with Crippen molar-refractivity contribution in [3.63, 3.8) is 0 Å². The lowest BCUT2D eigenvalue weighted by Gasteiger charge is -2.31. The van der Waals surface area contributed by atoms with Crippen LogP contribution in [0.15, 0.2) is 18.3 Å². The number of carbonyl (C=O) groups excluding carboxylic acids is 1. The van der Waals surface area contributed by atoms with E-state index in [1.807, 2.05) is 30.9 Å². The maximum Gasteiger partial charge on any atom is 0.242 e. The molecular weight excluding hydrogens is 366 g/mol. The third-order valence-corrected chi connectivity index (χ3v) is 5.43. The van der Waals surface area contributed by atoms with Crippen LogP contribution in [0.4, 0.5) is 0 Å². The molecule has 3 heterocycles. The highest BCUT2D eigenvalue weighted by atomic mass is 35.5. The zero-order valence-electron chi connectivity index (χ0n) is 16.0. The van der Waals surface area contributed by atoms with Gasteiger partial charge in [0.2, 0.25) is 11.8 Å². The smallest absolute Gasteiger partial charge is 0.242 e. The fraction of sp³-hybridized carbons (Fsp3) is 0.684. The standard InChI is InChI=1S/C19H29N5O2.ClH/c1-12(2)26-17-9-13(5-8-21-17)11-24(14-3-4-14)19(25)18-15-10-20-7-6-16(15)22-23-18;/h5,8-9,12,14-16,18,20,22-23H,3-4,6-7,10-11H2,1-2H3;1H. The SMILES string of the molecule is CC(C)Oc1cc(CN(C(=O)C2NNC3CCNCC32)C2CC2)ccn1.Cl. The fourth-order valence-electron chi connectivity index (χ4n) is 3.96. The van der Waals surface area contributed by atoms with E-state index in [9.17, 15) is 4.79 Å². The number of nitrogens with zero attached hydrogens (tertiary/aromatic N) is 2. The molecule has 1 aromatic heterocycles. The summed E-state index contributed by atoms with van der Waals surface area (Å²) in [6.07, 6.45) is 5.10. The van der Waals surface area contributed by atoms with Crippen molar-refractivity contribution < 1.29 is 9.53 Å². The number of piperidine rings is 1. The minimum atomic E-state index is -0.151. The van der Waals surface area contributed by atoms with Crippen LogP contribution in [0.3, 0.4) is 0 Å². The van der Waals surface area contributed by atoms with Gasteiger partial charge >= 0.3 is 0 Å². The minimum Gasteiger partial charge on any atom is -0.475 e. The molecule has 1 amide bonds. The molecular formula is C19H30ClN5O2. The Labute approximate surface area is 167 Å². The van der Waals surface area contributed by atoms with Crippen LogP contribution in [-0.2, 0) is 11.3 Å². The van der Waals surface area contributed by atoms with Crippen LogP contribution in [0.25, 0.3) is 0 Å². The Bertz CT molecular complexity index is 655. The second kappa shape index (κ2) is 8.73. The number of halogens is 1. The number of ether oxygens (including phenoxy) is 1. The Hall–Kier alpha value is -1.41. The molecule has 4 rings (SSSR count). The molecule has 0 spiro atoms. The van der Waals surface area contributed by atoms with Gasteiger partial charge in [0.05, 0.1) is 6.10 Å². The van der Waals surface area contributed by atoms with Crippen molar-refractivity contribution in [1.82, 2.24) is 26.1 Å². The summed E-state index contributed by atoms with van der Waals surface area (Å²) >= 11 is 0. The van der Waals surface area contributed by atoms with Crippen LogP contribution < -0.4 is 20.9 Å². The predicted octanol–water partition coefficient (Wildman–Crippen LogP) is 1.24. The van der Waals surface area contributed by atoms with Crippen molar-refractivity contribution in [2.24, 2.45) is 5.92 Å². The molecule has 0 bridgehead atoms. The number of rotatable bonds is 6. The summed E-state index contributed by atoms with van der Waals surface area (Å²) in [6, 6.07) is 4.53. The van der Waals surface area contributed by atoms with Crippen LogP contribution in [0.1, 0.15) is 38.7 Å². The lowest BCUT2D eigenvalue weighted by Crippen LogP contribution is -2.51. The highest BCUT2D eigenvalue weighted by molar-refractivity contribution is 5.85. The van der Waals surface area contributed by atoms with Gasteiger partial charge in [0.15, 0.2) is 0 Å². The Kier molecular flexibility index (Phi) is 6.57. The van der Waals surface area contributed by atoms with Gasteiger partial charge in [-0.15, -0.1) is 12.4 Å². The van der Waals surface area contributed by atoms with Crippen LogP contribution in [0, 0.1) is 5.92 Å². The second-order valence-corrected chi connectivity index (χ2v) is 7.90. The normalized spacial score (nSPS) is 27.0. The average molecular weight is 396 g/mol. The molecule has 3 aliphatic rings. The zero-order valence-corrected chi connectivity index (χ0v) is 16.8. The lowest BCUT2D eigenvalue weighted by atomic mass is 9.88. The number of fused-ring (bicyclic) bond motifs is 1. The van der Waals surface area contributed by atoms with E-state index in [0.29, 0.717) is 30.4 Å². The third-order valence-electron chi connectivity index (χ3n) is 5.43. The van der Waals surface area contributed by atoms with Crippen molar-refractivity contribution in [1.29, 1.82) is 0 Å². The number of hydrogen-bond acceptors (Lipinski definition) is 6. The summed E-state index contributed by atoms with van der Waals surface area (Å²) in [6.45, 7) is 6.49. The van der Waals surface area contributed by atoms with Crippen molar-refractivity contribution >= 4 is 18.3 Å². The van der Waals surface area contributed by atoms with Crippen molar-refractivity contribution in [3.8, 4) is 5.88 Å². The lowest BCUT2D eigenvalue weighted by molar-refractivity contribution is -0.135. The molecule has 3 unspecified atom stereocenters. The van der Waals surface area contributed by atoms with Gasteiger partial charge in [-0.2, -0.15) is 0 Å². The van der Waals surface area contributed by atoms with Gasteiger partial charge in [-0.05, 0) is 51.3 Å². The first-order valence-corrected chi connectivity index (χ1v) is 9.75. The summed E-state index contributed by atoms with van der Waals surface area (Å²) in [5.41, 5.74) is 7.67. The number of amides is 1. The van der Waals surface area contributed by atoms with Gasteiger partial charge in [-0.3, -0.25) is 10.2 Å². The predicted molar refractivity (Wildman–Crippen MR) is 106 cm³/mol. The zero-order chi connectivity index (χ0) is 18.1. The number of hydrogen-bond donors (Lipinski definition) is 3. The molecule has 1 aromatic rings. The molecule has 0 aromatic carbocycles. The number of nitrogens with one attached hydrogen (secondary N) is 3. The Morgan fingerprint density at radius 3 is 2.89 bits per heavy atom. The summed E-state index contributed by atoms with van der Waals surface area (Å²) < 4.78 is 5.70. The monoisotopic (exact) mass is 395 g/mol. The van der Waals surface area contributed by atoms with Gasteiger partial charge < -0.3 is 15.0 Å². The molecule has 150 valence electrons. The van der Waals surface area contributed by atoms with E-state index < -0.39 is 0 Å². The van der Waals surface area contributed by atoms with Crippen LogP contribution in [0.2, 0.25) is 0 Å². The summed E-state index contributed by atoms with van der Waals surface area (Å²) in [5.74, 6) is 1.15. The van der Waals surface area contributed by atoms with E-state index in [1.54, 1.807) is 6.20 Å². The van der Waals surface area contributed by atoms with E-state index >= 15 is 0 Å². The van der Waals surface area contributed by atoms with Gasteiger partial charge in [-0.25, -0.2) is 10.4 Å². The maximum atomic E-state index is 13.3. The molecule has 1 saturated carbocycles. The average Bonchev–Trinajstić information content (AvgIpc) is 3.37. The van der Waals surface area contributed by atoms with E-state index in [0.717, 1.165) is 37.9 Å². The highest BCUT2D eigenvalue weighted by Gasteiger charge is 2.45. The first-order chi connectivity index (χ1) is 12.6. The Morgan fingerprint density at radius 2 is 2.15 bits per heavy atom. The highest BCUT2D eigenvalue weighted by Crippen LogP contribution is 2.31. The first kappa shape index (κ1) is 20.3. The van der Waals surface area contributed by atoms with Crippen LogP contribution >= 0.6 is 12.4 Å². The van der Waals surface area contributed by atoms with E-state index in [1.165, 1.54) is 0 Å². The largest absolute Gasteiger partial charge is 0.475 e. The molecule has 3 atom stereocenters. The first-order valence-electron chi connectivity index (χ1n) is 9.75. The number of pyridine rings is 1. The molecule has 27 heavy (non-hydrogen) atoms. The Balaban J connectivity index is 0.00000210. The molecule has 8 heteroatoms. The minimum absolute atomic E-state index is 0. The van der Waals surface area contributed by atoms with E-state index in [4.69, 9.17) is 4.74 Å². The van der Waals surface area contributed by atoms with E-state index in [2.05, 4.69) is 21.2 Å². The molecule has 0 radical (unpaired) electrons. The van der Waals surface area contributed by atoms with Crippen LogP contribution in [-0.4, -0.2) is 53.1 Å². The van der Waals surface area contributed by atoms with Crippen LogP contribution in [0.5, 0.6) is 5.88 Å². The Morgan fingerprint density at radius 1 is 1.33 bits per heavy atom. The maximum absolute atomic E-state index is 13.3. The van der Waals surface area contributed by atoms with Crippen molar-refractivity contribution in [3.05, 3.63) is 23.9 Å². The second-order valence-electron chi connectivity index (χ2n) is 7.90. The molecule has 3 N–H and O–H groups in total. The summed E-state index contributed by atoms with van der Waals surface area (Å²) in [5, 5.41) is 3.42. The van der Waals surface area contributed by atoms with Gasteiger partial charge in [0.25, 0.3) is 0 Å². The number of carbonyl (C=O) groups is 1. The van der Waals surface area contributed by atoms with Gasteiger partial charge in [-0.1, -0.05) is 0 Å². The fourth-order valence-corrected chi connectivity index (χ4v) is 3.96. The molecule has 2 saturated heterocycles. The van der Waals surface area contributed by atoms with Gasteiger partial charge in [0.1, 0.15) is 6.04 Å². The topological polar surface area (TPSA) is 78.5 Å². The molecule has 3 fully saturated rings. The number of aromatic nitrogens is 1. The summed E-state index contributed by atoms with van der Waals surface area (Å²) in [7, 11) is 0. The molecule has 1 aliphatic carbocycles. The third kappa shape index (κ3) is 4.71. The molecule has 7 nitrogen and oxygen atoms in total. The van der Waals surface area contributed by atoms with Crippen molar-refractivity contribution in [2.75, 3.05) is 13.1 Å². The van der Waals surface area contributed by atoms with E-state index in [-0.39, 0.29) is 30.5 Å². The quantitative estimate of drug-likeness (QED) is 0.672. The van der Waals surface area contributed by atoms with Gasteiger partial charge in [0, 0.05) is 43.4 Å². The van der Waals surface area contributed by atoms with Crippen molar-refractivity contribution in [2.45, 2.75) is 63.9 Å². The molecule has 2 aliphatic heterocycles.